The van der Waals surface area contributed by atoms with E-state index < -0.39 is 23.3 Å². The van der Waals surface area contributed by atoms with Gasteiger partial charge >= 0.3 is 35.5 Å². The van der Waals surface area contributed by atoms with E-state index in [-0.39, 0.29) is 58.6 Å². The Bertz CT molecular complexity index is 1070. The Morgan fingerprint density at radius 1 is 1.26 bits per heavy atom. The Labute approximate surface area is 227 Å². The van der Waals surface area contributed by atoms with Crippen molar-refractivity contribution in [3.63, 3.8) is 0 Å². The standard InChI is InChI=1S/C22H23N3O6S2.Na.H/c1-32-11-16(27)23-17-20(29)25-18(22(30)31)14(10-33-21(17)25)8-13-6-7-24(19(13)28)9-12-2-4-15(26)5-3-12;;/h2-5,8,17,21,26H,6-7,9-11H2,1H3,(H,23,27)(H,30,31);;/b13-8+;;/t17-,21-;;/m1../s1. The van der Waals surface area contributed by atoms with E-state index in [0.29, 0.717) is 36.4 Å². The number of aromatic hydroxyl groups is 1. The molecule has 3 amide bonds. The van der Waals surface area contributed by atoms with Crippen LogP contribution < -0.4 is 5.32 Å². The predicted molar refractivity (Wildman–Crippen MR) is 131 cm³/mol. The van der Waals surface area contributed by atoms with E-state index in [1.165, 1.54) is 28.4 Å². The van der Waals surface area contributed by atoms with E-state index in [9.17, 15) is 29.4 Å². The monoisotopic (exact) mass is 513 g/mol. The van der Waals surface area contributed by atoms with Gasteiger partial charge in [0, 0.05) is 24.4 Å². The maximum absolute atomic E-state index is 12.9. The maximum atomic E-state index is 12.9. The van der Waals surface area contributed by atoms with Crippen LogP contribution in [0.25, 0.3) is 0 Å². The molecule has 12 heteroatoms. The van der Waals surface area contributed by atoms with Crippen molar-refractivity contribution in [1.29, 1.82) is 0 Å². The zero-order chi connectivity index (χ0) is 23.7. The Morgan fingerprint density at radius 3 is 2.62 bits per heavy atom. The molecule has 1 aromatic rings. The molecule has 3 aliphatic heterocycles. The van der Waals surface area contributed by atoms with Crippen LogP contribution in [0.5, 0.6) is 5.75 Å². The van der Waals surface area contributed by atoms with Crippen LogP contribution in [0.1, 0.15) is 12.0 Å². The number of phenols is 1. The van der Waals surface area contributed by atoms with Crippen LogP contribution in [-0.4, -0.2) is 109 Å². The molecule has 3 aliphatic rings. The third-order valence-corrected chi connectivity index (χ3v) is 7.52. The number of likely N-dealkylation sites (tertiary alicyclic amines) is 1. The molecular weight excluding hydrogens is 489 g/mol. The second kappa shape index (κ2) is 11.2. The molecule has 1 aromatic carbocycles. The minimum absolute atomic E-state index is 0. The fourth-order valence-electron chi connectivity index (χ4n) is 4.08. The number of rotatable bonds is 7. The van der Waals surface area contributed by atoms with Gasteiger partial charge in [0.2, 0.25) is 11.8 Å². The first kappa shape index (κ1) is 26.7. The van der Waals surface area contributed by atoms with Gasteiger partial charge in [0.05, 0.1) is 5.75 Å². The molecule has 0 aliphatic carbocycles. The summed E-state index contributed by atoms with van der Waals surface area (Å²) in [6, 6.07) is 5.88. The summed E-state index contributed by atoms with van der Waals surface area (Å²) >= 11 is 2.71. The van der Waals surface area contributed by atoms with Crippen molar-refractivity contribution in [3.05, 3.63) is 52.7 Å². The van der Waals surface area contributed by atoms with Gasteiger partial charge in [-0.25, -0.2) is 4.79 Å². The molecule has 0 unspecified atom stereocenters. The zero-order valence-electron chi connectivity index (χ0n) is 17.8. The fraction of sp³-hybridized carbons (Fsp3) is 0.364. The second-order valence-corrected chi connectivity index (χ2v) is 9.85. The number of allylic oxidation sites excluding steroid dienone is 1. The number of carboxylic acids is 1. The number of benzene rings is 1. The number of amides is 3. The van der Waals surface area contributed by atoms with Crippen molar-refractivity contribution in [2.75, 3.05) is 24.3 Å². The quantitative estimate of drug-likeness (QED) is 0.273. The number of carbonyl (C=O) groups is 4. The van der Waals surface area contributed by atoms with Crippen molar-refractivity contribution in [2.45, 2.75) is 24.4 Å². The summed E-state index contributed by atoms with van der Waals surface area (Å²) in [6.07, 6.45) is 3.85. The van der Waals surface area contributed by atoms with E-state index in [1.807, 2.05) is 0 Å². The first-order valence-corrected chi connectivity index (χ1v) is 12.7. The normalized spacial score (nSPS) is 22.9. The van der Waals surface area contributed by atoms with Crippen molar-refractivity contribution in [1.82, 2.24) is 15.1 Å². The van der Waals surface area contributed by atoms with Gasteiger partial charge in [-0.3, -0.25) is 19.3 Å². The molecule has 0 radical (unpaired) electrons. The molecule has 3 heterocycles. The number of thioether (sulfide) groups is 2. The van der Waals surface area contributed by atoms with Gasteiger partial charge in [0.15, 0.2) is 0 Å². The molecule has 0 spiro atoms. The number of phenolic OH excluding ortho intramolecular Hbond substituents is 1. The molecule has 176 valence electrons. The number of hydrogen-bond acceptors (Lipinski definition) is 7. The van der Waals surface area contributed by atoms with E-state index >= 15 is 0 Å². The Kier molecular flexibility index (Phi) is 8.80. The van der Waals surface area contributed by atoms with Crippen LogP contribution in [0.2, 0.25) is 0 Å². The topological polar surface area (TPSA) is 127 Å². The minimum atomic E-state index is -1.24. The van der Waals surface area contributed by atoms with Gasteiger partial charge < -0.3 is 20.4 Å². The van der Waals surface area contributed by atoms with Crippen LogP contribution >= 0.6 is 23.5 Å². The molecule has 2 saturated heterocycles. The summed E-state index contributed by atoms with van der Waals surface area (Å²) in [5.41, 5.74) is 1.67. The zero-order valence-corrected chi connectivity index (χ0v) is 19.4. The SMILES string of the molecule is CSCC(=O)N[C@@H]1C(=O)N2C(C(=O)O)=C(/C=C3\CCN(Cc4ccc(O)cc4)C3=O)CS[C@H]12.[NaH]. The van der Waals surface area contributed by atoms with E-state index in [1.54, 1.807) is 41.5 Å². The number of carboxylic acid groups (broad SMARTS) is 1. The first-order valence-electron chi connectivity index (χ1n) is 10.3. The van der Waals surface area contributed by atoms with Gasteiger partial charge in [-0.1, -0.05) is 12.1 Å². The molecule has 0 aromatic heterocycles. The van der Waals surface area contributed by atoms with E-state index in [0.717, 1.165) is 5.56 Å². The number of aliphatic carboxylic acids is 1. The number of carbonyl (C=O) groups excluding carboxylic acids is 3. The van der Waals surface area contributed by atoms with Crippen molar-refractivity contribution >= 4 is 76.8 Å². The number of nitrogens with zero attached hydrogens (tertiary/aromatic N) is 2. The van der Waals surface area contributed by atoms with Gasteiger partial charge in [-0.05, 0) is 42.0 Å². The molecular formula is C22H24N3NaO6S2. The van der Waals surface area contributed by atoms with Crippen molar-refractivity contribution in [2.24, 2.45) is 0 Å². The van der Waals surface area contributed by atoms with Crippen LogP contribution in [0, 0.1) is 0 Å². The van der Waals surface area contributed by atoms with E-state index in [4.69, 9.17) is 0 Å². The van der Waals surface area contributed by atoms with Gasteiger partial charge in [-0.15, -0.1) is 11.8 Å². The number of nitrogens with one attached hydrogen (secondary N) is 1. The molecule has 0 bridgehead atoms. The Morgan fingerprint density at radius 2 is 1.97 bits per heavy atom. The number of β-lactam (4-membered cyclic amide) rings is 1. The van der Waals surface area contributed by atoms with E-state index in [2.05, 4.69) is 5.32 Å². The van der Waals surface area contributed by atoms with Gasteiger partial charge in [0.25, 0.3) is 5.91 Å². The Balaban J connectivity index is 0.00000324. The predicted octanol–water partition coefficient (Wildman–Crippen LogP) is 0.504. The second-order valence-electron chi connectivity index (χ2n) is 7.88. The first-order chi connectivity index (χ1) is 15.8. The molecule has 0 saturated carbocycles. The molecule has 9 nitrogen and oxygen atoms in total. The van der Waals surface area contributed by atoms with Crippen molar-refractivity contribution < 1.29 is 29.4 Å². The van der Waals surface area contributed by atoms with Gasteiger partial charge in [0.1, 0.15) is 22.9 Å². The molecule has 2 atom stereocenters. The third kappa shape index (κ3) is 5.33. The molecule has 3 N–H and O–H groups in total. The summed E-state index contributed by atoms with van der Waals surface area (Å²) in [7, 11) is 0. The number of fused-ring (bicyclic) bond motifs is 1. The van der Waals surface area contributed by atoms with Crippen LogP contribution in [0.4, 0.5) is 0 Å². The Hall–Kier alpha value is -1.92. The summed E-state index contributed by atoms with van der Waals surface area (Å²) in [5, 5.41) is 21.4. The van der Waals surface area contributed by atoms with Crippen LogP contribution in [0.15, 0.2) is 47.2 Å². The summed E-state index contributed by atoms with van der Waals surface area (Å²) in [5.74, 6) is -1.44. The third-order valence-electron chi connectivity index (χ3n) is 5.66. The molecule has 2 fully saturated rings. The summed E-state index contributed by atoms with van der Waals surface area (Å²) < 4.78 is 0. The van der Waals surface area contributed by atoms with Crippen LogP contribution in [-0.2, 0) is 25.7 Å². The number of hydrogen-bond donors (Lipinski definition) is 3. The molecule has 4 rings (SSSR count). The van der Waals surface area contributed by atoms with Crippen molar-refractivity contribution in [3.8, 4) is 5.75 Å². The average molecular weight is 514 g/mol. The summed E-state index contributed by atoms with van der Waals surface area (Å²) in [4.78, 5) is 52.3. The van der Waals surface area contributed by atoms with Crippen LogP contribution in [0.3, 0.4) is 0 Å². The molecule has 34 heavy (non-hydrogen) atoms. The average Bonchev–Trinajstić information content (AvgIpc) is 3.12. The van der Waals surface area contributed by atoms with Gasteiger partial charge in [-0.2, -0.15) is 11.8 Å². The summed E-state index contributed by atoms with van der Waals surface area (Å²) in [6.45, 7) is 0.892. The fourth-order valence-corrected chi connectivity index (χ4v) is 5.74.